The summed E-state index contributed by atoms with van der Waals surface area (Å²) in [4.78, 5) is 32.1. The number of phenols is 1. The fraction of sp³-hybridized carbons (Fsp3) is 0.156. The first-order valence-corrected chi connectivity index (χ1v) is 12.7. The van der Waals surface area contributed by atoms with E-state index in [4.69, 9.17) is 9.47 Å². The van der Waals surface area contributed by atoms with Crippen LogP contribution in [0.1, 0.15) is 33.9 Å². The van der Waals surface area contributed by atoms with Crippen LogP contribution in [0.25, 0.3) is 5.76 Å². The Morgan fingerprint density at radius 3 is 2.45 bits per heavy atom. The first-order chi connectivity index (χ1) is 19.4. The summed E-state index contributed by atoms with van der Waals surface area (Å²) in [5.41, 5.74) is 3.69. The lowest BCUT2D eigenvalue weighted by Gasteiger charge is -2.25. The van der Waals surface area contributed by atoms with Gasteiger partial charge in [0.2, 0.25) is 0 Å². The summed E-state index contributed by atoms with van der Waals surface area (Å²) in [7, 11) is 1.41. The topological polar surface area (TPSA) is 109 Å². The Kier molecular flexibility index (Phi) is 7.50. The molecule has 2 heterocycles. The Morgan fingerprint density at radius 2 is 1.75 bits per heavy atom. The molecule has 0 bridgehead atoms. The summed E-state index contributed by atoms with van der Waals surface area (Å²) >= 11 is 0. The lowest BCUT2D eigenvalue weighted by molar-refractivity contribution is -0.140. The number of ether oxygens (including phenoxy) is 2. The average Bonchev–Trinajstić information content (AvgIpc) is 3.22. The van der Waals surface area contributed by atoms with Crippen LogP contribution in [0.15, 0.2) is 96.8 Å². The van der Waals surface area contributed by atoms with Gasteiger partial charge in [0.25, 0.3) is 11.7 Å². The molecular formula is C32H28N2O6. The molecule has 40 heavy (non-hydrogen) atoms. The fourth-order valence-corrected chi connectivity index (χ4v) is 4.78. The van der Waals surface area contributed by atoms with Gasteiger partial charge in [-0.15, -0.1) is 0 Å². The van der Waals surface area contributed by atoms with Gasteiger partial charge in [0, 0.05) is 24.5 Å². The fourth-order valence-electron chi connectivity index (χ4n) is 4.78. The molecule has 3 aromatic carbocycles. The van der Waals surface area contributed by atoms with Crippen molar-refractivity contribution < 1.29 is 29.3 Å². The maximum absolute atomic E-state index is 13.3. The molecule has 1 saturated heterocycles. The molecule has 1 atom stereocenters. The summed E-state index contributed by atoms with van der Waals surface area (Å²) in [6, 6.07) is 21.9. The van der Waals surface area contributed by atoms with Gasteiger partial charge in [0.1, 0.15) is 18.1 Å². The number of pyridine rings is 1. The Balaban J connectivity index is 1.50. The number of likely N-dealkylation sites (tertiary alicyclic amines) is 1. The maximum Gasteiger partial charge on any atom is 0.295 e. The number of ketones is 1. The molecule has 0 radical (unpaired) electrons. The van der Waals surface area contributed by atoms with Gasteiger partial charge in [0.15, 0.2) is 11.5 Å². The molecule has 1 aromatic heterocycles. The number of benzene rings is 3. The molecule has 1 aliphatic heterocycles. The van der Waals surface area contributed by atoms with Crippen LogP contribution < -0.4 is 9.47 Å². The van der Waals surface area contributed by atoms with Crippen molar-refractivity contribution in [2.24, 2.45) is 0 Å². The molecular weight excluding hydrogens is 508 g/mol. The van der Waals surface area contributed by atoms with Crippen LogP contribution >= 0.6 is 0 Å². The number of aromatic nitrogens is 1. The molecule has 1 amide bonds. The van der Waals surface area contributed by atoms with Crippen molar-refractivity contribution in [1.29, 1.82) is 0 Å². The number of phenolic OH excluding ortho intramolecular Hbond substituents is 1. The maximum atomic E-state index is 13.3. The molecule has 1 fully saturated rings. The minimum atomic E-state index is -0.924. The second-order valence-corrected chi connectivity index (χ2v) is 9.52. The van der Waals surface area contributed by atoms with E-state index in [0.29, 0.717) is 23.5 Å². The molecule has 8 nitrogen and oxygen atoms in total. The van der Waals surface area contributed by atoms with E-state index < -0.39 is 17.7 Å². The lowest BCUT2D eigenvalue weighted by atomic mass is 9.95. The number of aliphatic hydroxyl groups is 1. The van der Waals surface area contributed by atoms with Crippen LogP contribution in [0.3, 0.4) is 0 Å². The van der Waals surface area contributed by atoms with Crippen molar-refractivity contribution in [3.05, 3.63) is 125 Å². The first kappa shape index (κ1) is 26.5. The molecule has 5 rings (SSSR count). The number of carbonyl (C=O) groups is 2. The van der Waals surface area contributed by atoms with Crippen molar-refractivity contribution in [1.82, 2.24) is 9.88 Å². The van der Waals surface area contributed by atoms with Crippen molar-refractivity contribution in [2.45, 2.75) is 26.1 Å². The van der Waals surface area contributed by atoms with Crippen LogP contribution in [0, 0.1) is 6.92 Å². The number of aryl methyl sites for hydroxylation is 1. The third-order valence-electron chi connectivity index (χ3n) is 6.75. The standard InChI is InChI=1S/C32H28N2O6/c1-20-5-3-6-21(15-20)19-40-25-11-8-23(9-12-25)30(36)28-29(24-10-13-26(35)27(16-24)39-2)34(32(38)31(28)37)18-22-7-4-14-33-17-22/h3-17,29,35-36H,18-19H2,1-2H3/t29-/m1/s1. The highest BCUT2D eigenvalue weighted by atomic mass is 16.5. The molecule has 0 spiro atoms. The number of hydrogen-bond donors (Lipinski definition) is 2. The van der Waals surface area contributed by atoms with Crippen LogP contribution in [0.4, 0.5) is 0 Å². The summed E-state index contributed by atoms with van der Waals surface area (Å²) in [5.74, 6) is -1.18. The van der Waals surface area contributed by atoms with Crippen LogP contribution in [-0.2, 0) is 22.7 Å². The van der Waals surface area contributed by atoms with Gasteiger partial charge in [-0.05, 0) is 66.1 Å². The van der Waals surface area contributed by atoms with E-state index in [1.165, 1.54) is 18.1 Å². The third kappa shape index (κ3) is 5.37. The third-order valence-corrected chi connectivity index (χ3v) is 6.75. The SMILES string of the molecule is COc1cc([C@@H]2C(=C(O)c3ccc(OCc4cccc(C)c4)cc3)C(=O)C(=O)N2Cc2cccnc2)ccc1O. The highest BCUT2D eigenvalue weighted by Crippen LogP contribution is 2.42. The summed E-state index contributed by atoms with van der Waals surface area (Å²) in [5, 5.41) is 21.5. The quantitative estimate of drug-likeness (QED) is 0.179. The minimum Gasteiger partial charge on any atom is -0.507 e. The molecule has 8 heteroatoms. The second-order valence-electron chi connectivity index (χ2n) is 9.52. The number of aromatic hydroxyl groups is 1. The van der Waals surface area contributed by atoms with Gasteiger partial charge in [-0.2, -0.15) is 0 Å². The first-order valence-electron chi connectivity index (χ1n) is 12.7. The normalized spacial score (nSPS) is 16.2. The Morgan fingerprint density at radius 1 is 0.975 bits per heavy atom. The molecule has 1 aliphatic rings. The Bertz CT molecular complexity index is 1580. The summed E-state index contributed by atoms with van der Waals surface area (Å²) in [6.07, 6.45) is 3.23. The van der Waals surface area contributed by atoms with Crippen molar-refractivity contribution >= 4 is 17.4 Å². The summed E-state index contributed by atoms with van der Waals surface area (Å²) < 4.78 is 11.2. The number of nitrogens with zero attached hydrogens (tertiary/aromatic N) is 2. The van der Waals surface area contributed by atoms with Crippen molar-refractivity contribution in [3.8, 4) is 17.2 Å². The molecule has 0 saturated carbocycles. The van der Waals surface area contributed by atoms with E-state index in [9.17, 15) is 19.8 Å². The predicted molar refractivity (Wildman–Crippen MR) is 149 cm³/mol. The number of Topliss-reactive ketones (excluding diaryl/α,β-unsaturated/α-hetero) is 1. The van der Waals surface area contributed by atoms with Crippen LogP contribution in [0.2, 0.25) is 0 Å². The Labute approximate surface area is 231 Å². The zero-order valence-corrected chi connectivity index (χ0v) is 22.1. The van der Waals surface area contributed by atoms with Gasteiger partial charge in [0.05, 0.1) is 18.7 Å². The Hall–Kier alpha value is -5.11. The van der Waals surface area contributed by atoms with Crippen molar-refractivity contribution in [2.75, 3.05) is 7.11 Å². The number of hydrogen-bond acceptors (Lipinski definition) is 7. The number of aliphatic hydroxyl groups excluding tert-OH is 1. The van der Waals surface area contributed by atoms with Gasteiger partial charge >= 0.3 is 0 Å². The van der Waals surface area contributed by atoms with Gasteiger partial charge in [-0.1, -0.05) is 42.0 Å². The van der Waals surface area contributed by atoms with Gasteiger partial charge < -0.3 is 24.6 Å². The lowest BCUT2D eigenvalue weighted by Crippen LogP contribution is -2.29. The highest BCUT2D eigenvalue weighted by molar-refractivity contribution is 6.46. The minimum absolute atomic E-state index is 0.0601. The predicted octanol–water partition coefficient (Wildman–Crippen LogP) is 5.31. The molecule has 4 aromatic rings. The van der Waals surface area contributed by atoms with E-state index in [2.05, 4.69) is 4.98 Å². The monoisotopic (exact) mass is 536 g/mol. The number of carbonyl (C=O) groups excluding carboxylic acids is 2. The van der Waals surface area contributed by atoms with E-state index in [-0.39, 0.29) is 29.4 Å². The van der Waals surface area contributed by atoms with E-state index >= 15 is 0 Å². The van der Waals surface area contributed by atoms with Crippen molar-refractivity contribution in [3.63, 3.8) is 0 Å². The number of methoxy groups -OCH3 is 1. The van der Waals surface area contributed by atoms with Crippen LogP contribution in [-0.4, -0.2) is 38.9 Å². The van der Waals surface area contributed by atoms with Crippen LogP contribution in [0.5, 0.6) is 17.2 Å². The number of amides is 1. The zero-order valence-electron chi connectivity index (χ0n) is 22.1. The van der Waals surface area contributed by atoms with E-state index in [1.807, 2.05) is 31.2 Å². The molecule has 0 unspecified atom stereocenters. The average molecular weight is 537 g/mol. The molecule has 0 aliphatic carbocycles. The second kappa shape index (κ2) is 11.3. The zero-order chi connectivity index (χ0) is 28.2. The van der Waals surface area contributed by atoms with Gasteiger partial charge in [-0.25, -0.2) is 0 Å². The summed E-state index contributed by atoms with van der Waals surface area (Å²) in [6.45, 7) is 2.49. The van der Waals surface area contributed by atoms with Gasteiger partial charge in [-0.3, -0.25) is 14.6 Å². The molecule has 2 N–H and O–H groups in total. The largest absolute Gasteiger partial charge is 0.507 e. The number of rotatable bonds is 8. The van der Waals surface area contributed by atoms with E-state index in [1.54, 1.807) is 60.9 Å². The smallest absolute Gasteiger partial charge is 0.295 e. The highest BCUT2D eigenvalue weighted by Gasteiger charge is 2.46. The molecule has 202 valence electrons. The van der Waals surface area contributed by atoms with E-state index in [0.717, 1.165) is 16.7 Å².